The van der Waals surface area contributed by atoms with Crippen molar-refractivity contribution in [3.63, 3.8) is 0 Å². The molecule has 0 bridgehead atoms. The van der Waals surface area contributed by atoms with Gasteiger partial charge >= 0.3 is 0 Å². The molecule has 21 heavy (non-hydrogen) atoms. The van der Waals surface area contributed by atoms with Gasteiger partial charge in [-0.25, -0.2) is 0 Å². The summed E-state index contributed by atoms with van der Waals surface area (Å²) >= 11 is 3.64. The average molecular weight is 349 g/mol. The lowest BCUT2D eigenvalue weighted by Crippen LogP contribution is -2.47. The minimum absolute atomic E-state index is 0.124. The van der Waals surface area contributed by atoms with E-state index >= 15 is 0 Å². The smallest absolute Gasteiger partial charge is 0.0595 e. The molecule has 2 aliphatic rings. The van der Waals surface area contributed by atoms with Gasteiger partial charge in [0, 0.05) is 31.2 Å². The number of halogens is 1. The standard InChI is InChI=1S/C16H21BrN4/c1-4-14-16(12(3)19-20-14)5-7-21(8-6-16)15-11(2)9-18-10-13(15)17/h9-10H,4-8H2,1-3H3. The minimum atomic E-state index is 0.124. The van der Waals surface area contributed by atoms with Gasteiger partial charge in [0.25, 0.3) is 0 Å². The van der Waals surface area contributed by atoms with E-state index in [4.69, 9.17) is 0 Å². The number of anilines is 1. The lowest BCUT2D eigenvalue weighted by Gasteiger charge is -2.41. The second-order valence-electron chi connectivity index (χ2n) is 5.94. The van der Waals surface area contributed by atoms with Crippen LogP contribution in [0.15, 0.2) is 27.1 Å². The maximum Gasteiger partial charge on any atom is 0.0595 e. The Bertz CT molecular complexity index is 592. The van der Waals surface area contributed by atoms with E-state index in [1.54, 1.807) is 0 Å². The van der Waals surface area contributed by atoms with E-state index < -0.39 is 0 Å². The van der Waals surface area contributed by atoms with Gasteiger partial charge in [0.2, 0.25) is 0 Å². The Labute approximate surface area is 134 Å². The third-order valence-electron chi connectivity index (χ3n) is 4.89. The molecule has 5 heteroatoms. The van der Waals surface area contributed by atoms with Crippen LogP contribution in [0.3, 0.4) is 0 Å². The maximum absolute atomic E-state index is 4.41. The van der Waals surface area contributed by atoms with E-state index in [0.717, 1.165) is 36.8 Å². The number of hydrogen-bond donors (Lipinski definition) is 0. The number of pyridine rings is 1. The zero-order chi connectivity index (χ0) is 15.0. The fourth-order valence-electron chi connectivity index (χ4n) is 3.63. The first-order valence-electron chi connectivity index (χ1n) is 7.55. The maximum atomic E-state index is 4.41. The summed E-state index contributed by atoms with van der Waals surface area (Å²) in [4.78, 5) is 6.70. The van der Waals surface area contributed by atoms with Crippen molar-refractivity contribution in [1.29, 1.82) is 0 Å². The Kier molecular flexibility index (Phi) is 3.86. The fourth-order valence-corrected chi connectivity index (χ4v) is 4.31. The summed E-state index contributed by atoms with van der Waals surface area (Å²) < 4.78 is 1.08. The number of hydrogen-bond acceptors (Lipinski definition) is 4. The molecule has 0 saturated carbocycles. The molecule has 1 saturated heterocycles. The van der Waals surface area contributed by atoms with Crippen molar-refractivity contribution in [2.45, 2.75) is 40.0 Å². The molecule has 0 radical (unpaired) electrons. The Morgan fingerprint density at radius 1 is 1.19 bits per heavy atom. The van der Waals surface area contributed by atoms with Gasteiger partial charge in [-0.05, 0) is 54.6 Å². The molecule has 1 fully saturated rings. The van der Waals surface area contributed by atoms with Crippen molar-refractivity contribution >= 4 is 33.0 Å². The first-order valence-corrected chi connectivity index (χ1v) is 8.35. The van der Waals surface area contributed by atoms with E-state index in [-0.39, 0.29) is 5.41 Å². The van der Waals surface area contributed by atoms with E-state index in [2.05, 4.69) is 56.8 Å². The molecule has 3 heterocycles. The van der Waals surface area contributed by atoms with E-state index in [1.807, 2.05) is 12.4 Å². The van der Waals surface area contributed by atoms with Crippen LogP contribution in [0.1, 0.15) is 38.7 Å². The number of rotatable bonds is 2. The van der Waals surface area contributed by atoms with Crippen LogP contribution in [-0.4, -0.2) is 29.5 Å². The van der Waals surface area contributed by atoms with Crippen molar-refractivity contribution in [2.24, 2.45) is 15.6 Å². The molecular formula is C16H21BrN4. The van der Waals surface area contributed by atoms with E-state index in [0.29, 0.717) is 0 Å². The summed E-state index contributed by atoms with van der Waals surface area (Å²) in [6.45, 7) is 8.52. The second kappa shape index (κ2) is 5.52. The summed E-state index contributed by atoms with van der Waals surface area (Å²) in [6.07, 6.45) is 7.02. The normalized spacial score (nSPS) is 20.7. The molecule has 4 nitrogen and oxygen atoms in total. The Morgan fingerprint density at radius 3 is 2.52 bits per heavy atom. The van der Waals surface area contributed by atoms with Crippen molar-refractivity contribution < 1.29 is 0 Å². The fraction of sp³-hybridized carbons (Fsp3) is 0.562. The summed E-state index contributed by atoms with van der Waals surface area (Å²) in [5.74, 6) is 0. The van der Waals surface area contributed by atoms with Gasteiger partial charge in [-0.1, -0.05) is 6.92 Å². The number of aryl methyl sites for hydroxylation is 1. The van der Waals surface area contributed by atoms with E-state index in [1.165, 1.54) is 22.7 Å². The Hall–Kier alpha value is -1.23. The first kappa shape index (κ1) is 14.7. The van der Waals surface area contributed by atoms with Crippen LogP contribution in [0.5, 0.6) is 0 Å². The molecule has 0 unspecified atom stereocenters. The first-order chi connectivity index (χ1) is 10.1. The topological polar surface area (TPSA) is 40.9 Å². The summed E-state index contributed by atoms with van der Waals surface area (Å²) in [5.41, 5.74) is 5.09. The zero-order valence-electron chi connectivity index (χ0n) is 12.9. The van der Waals surface area contributed by atoms with Gasteiger partial charge in [-0.3, -0.25) is 4.98 Å². The quantitative estimate of drug-likeness (QED) is 0.810. The molecular weight excluding hydrogens is 328 g/mol. The summed E-state index contributed by atoms with van der Waals surface area (Å²) in [6, 6.07) is 0. The second-order valence-corrected chi connectivity index (χ2v) is 6.80. The van der Waals surface area contributed by atoms with Crippen LogP contribution in [-0.2, 0) is 0 Å². The third-order valence-corrected chi connectivity index (χ3v) is 5.47. The molecule has 0 N–H and O–H groups in total. The highest BCUT2D eigenvalue weighted by atomic mass is 79.9. The molecule has 0 atom stereocenters. The molecule has 1 aromatic heterocycles. The summed E-state index contributed by atoms with van der Waals surface area (Å²) in [7, 11) is 0. The molecule has 2 aliphatic heterocycles. The average Bonchev–Trinajstić information content (AvgIpc) is 2.77. The third kappa shape index (κ3) is 2.31. The molecule has 0 amide bonds. The van der Waals surface area contributed by atoms with Crippen LogP contribution < -0.4 is 4.90 Å². The van der Waals surface area contributed by atoms with Crippen LogP contribution in [0.4, 0.5) is 5.69 Å². The van der Waals surface area contributed by atoms with Crippen LogP contribution in [0.2, 0.25) is 0 Å². The Morgan fingerprint density at radius 2 is 1.90 bits per heavy atom. The van der Waals surface area contributed by atoms with Crippen molar-refractivity contribution in [3.05, 3.63) is 22.4 Å². The van der Waals surface area contributed by atoms with Crippen molar-refractivity contribution in [1.82, 2.24) is 4.98 Å². The predicted octanol–water partition coefficient (Wildman–Crippen LogP) is 3.98. The van der Waals surface area contributed by atoms with Gasteiger partial charge in [0.15, 0.2) is 0 Å². The van der Waals surface area contributed by atoms with Gasteiger partial charge in [0.05, 0.1) is 21.3 Å². The lowest BCUT2D eigenvalue weighted by molar-refractivity contribution is 0.427. The number of nitrogens with zero attached hydrogens (tertiary/aromatic N) is 4. The SMILES string of the molecule is CCC1=NN=C(C)C12CCN(c1c(C)cncc1Br)CC2. The molecule has 0 aliphatic carbocycles. The highest BCUT2D eigenvalue weighted by Crippen LogP contribution is 2.41. The highest BCUT2D eigenvalue weighted by molar-refractivity contribution is 9.10. The van der Waals surface area contributed by atoms with Gasteiger partial charge in [0.1, 0.15) is 0 Å². The summed E-state index contributed by atoms with van der Waals surface area (Å²) in [5, 5.41) is 8.78. The zero-order valence-corrected chi connectivity index (χ0v) is 14.4. The largest absolute Gasteiger partial charge is 0.370 e. The van der Waals surface area contributed by atoms with Crippen molar-refractivity contribution in [2.75, 3.05) is 18.0 Å². The van der Waals surface area contributed by atoms with E-state index in [9.17, 15) is 0 Å². The predicted molar refractivity (Wildman–Crippen MR) is 91.4 cm³/mol. The molecule has 0 aromatic carbocycles. The van der Waals surface area contributed by atoms with Gasteiger partial charge in [-0.2, -0.15) is 10.2 Å². The lowest BCUT2D eigenvalue weighted by atomic mass is 9.70. The molecule has 1 aromatic rings. The molecule has 112 valence electrons. The molecule has 3 rings (SSSR count). The van der Waals surface area contributed by atoms with Gasteiger partial charge < -0.3 is 4.90 Å². The molecule has 1 spiro atoms. The number of aromatic nitrogens is 1. The van der Waals surface area contributed by atoms with Crippen LogP contribution in [0.25, 0.3) is 0 Å². The monoisotopic (exact) mass is 348 g/mol. The van der Waals surface area contributed by atoms with Crippen molar-refractivity contribution in [3.8, 4) is 0 Å². The minimum Gasteiger partial charge on any atom is -0.370 e. The highest BCUT2D eigenvalue weighted by Gasteiger charge is 2.44. The van der Waals surface area contributed by atoms with Crippen LogP contribution in [0, 0.1) is 12.3 Å². The Balaban J connectivity index is 1.83. The van der Waals surface area contributed by atoms with Gasteiger partial charge in [-0.15, -0.1) is 0 Å². The van der Waals surface area contributed by atoms with Crippen LogP contribution >= 0.6 is 15.9 Å². The number of piperidine rings is 1.